The van der Waals surface area contributed by atoms with Crippen LogP contribution in [0, 0.1) is 0 Å². The molecule has 0 aliphatic rings. The predicted octanol–water partition coefficient (Wildman–Crippen LogP) is 11.3. The van der Waals surface area contributed by atoms with Crippen LogP contribution < -0.4 is 4.74 Å². The summed E-state index contributed by atoms with van der Waals surface area (Å²) in [5.74, 6) is 1.68. The van der Waals surface area contributed by atoms with E-state index >= 15 is 0 Å². The molecule has 190 valence electrons. The molecular formula is C38H26OS. The van der Waals surface area contributed by atoms with Crippen LogP contribution in [0.5, 0.6) is 11.5 Å². The Labute approximate surface area is 238 Å². The van der Waals surface area contributed by atoms with E-state index in [2.05, 4.69) is 127 Å². The highest BCUT2D eigenvalue weighted by molar-refractivity contribution is 7.99. The second-order valence-corrected chi connectivity index (χ2v) is 10.8. The van der Waals surface area contributed by atoms with Gasteiger partial charge in [0.25, 0.3) is 0 Å². The number of benzene rings is 7. The van der Waals surface area contributed by atoms with Crippen LogP contribution >= 0.6 is 11.8 Å². The van der Waals surface area contributed by atoms with E-state index in [4.69, 9.17) is 4.74 Å². The number of rotatable bonds is 6. The maximum absolute atomic E-state index is 6.93. The van der Waals surface area contributed by atoms with Crippen molar-refractivity contribution >= 4 is 33.3 Å². The highest BCUT2D eigenvalue weighted by atomic mass is 32.2. The standard InChI is InChI=1S/C38H26OS/c1-4-16-28(17-5-1)35-33-24-12-13-25-34(33)36(32-26-14-18-27-15-10-11-23-31(27)32)38(40-30-21-8-3-9-22-30)37(35)39-29-19-6-2-7-20-29/h1-26H. The molecule has 0 aliphatic carbocycles. The van der Waals surface area contributed by atoms with E-state index in [1.54, 1.807) is 11.8 Å². The van der Waals surface area contributed by atoms with Crippen molar-refractivity contribution in [3.8, 4) is 33.8 Å². The Kier molecular flexibility index (Phi) is 6.53. The molecule has 0 radical (unpaired) electrons. The van der Waals surface area contributed by atoms with Gasteiger partial charge in [0.1, 0.15) is 11.5 Å². The molecule has 0 unspecified atom stereocenters. The monoisotopic (exact) mass is 530 g/mol. The summed E-state index contributed by atoms with van der Waals surface area (Å²) in [6.07, 6.45) is 0. The average Bonchev–Trinajstić information content (AvgIpc) is 3.02. The molecule has 40 heavy (non-hydrogen) atoms. The quantitative estimate of drug-likeness (QED) is 0.211. The van der Waals surface area contributed by atoms with Crippen molar-refractivity contribution in [2.24, 2.45) is 0 Å². The van der Waals surface area contributed by atoms with E-state index in [9.17, 15) is 0 Å². The number of fused-ring (bicyclic) bond motifs is 2. The molecule has 0 bridgehead atoms. The Bertz CT molecular complexity index is 1930. The first-order valence-corrected chi connectivity index (χ1v) is 14.3. The lowest BCUT2D eigenvalue weighted by Gasteiger charge is -2.23. The minimum Gasteiger partial charge on any atom is -0.455 e. The Balaban J connectivity index is 1.65. The molecule has 0 atom stereocenters. The third kappa shape index (κ3) is 4.53. The van der Waals surface area contributed by atoms with E-state index in [-0.39, 0.29) is 0 Å². The molecule has 0 amide bonds. The topological polar surface area (TPSA) is 9.23 Å². The summed E-state index contributed by atoms with van der Waals surface area (Å²) in [6, 6.07) is 55.3. The van der Waals surface area contributed by atoms with Gasteiger partial charge < -0.3 is 4.74 Å². The van der Waals surface area contributed by atoms with Crippen LogP contribution in [0.3, 0.4) is 0 Å². The van der Waals surface area contributed by atoms with Crippen LogP contribution in [-0.2, 0) is 0 Å². The Morgan fingerprint density at radius 2 is 0.975 bits per heavy atom. The summed E-state index contributed by atoms with van der Waals surface area (Å²) >= 11 is 1.76. The van der Waals surface area contributed by atoms with Crippen molar-refractivity contribution in [3.63, 3.8) is 0 Å². The molecule has 7 rings (SSSR count). The number of hydrogen-bond acceptors (Lipinski definition) is 2. The van der Waals surface area contributed by atoms with Crippen LogP contribution in [0.4, 0.5) is 0 Å². The van der Waals surface area contributed by atoms with Gasteiger partial charge in [-0.3, -0.25) is 0 Å². The number of hydrogen-bond donors (Lipinski definition) is 0. The summed E-state index contributed by atoms with van der Waals surface area (Å²) in [7, 11) is 0. The summed E-state index contributed by atoms with van der Waals surface area (Å²) in [6.45, 7) is 0. The average molecular weight is 531 g/mol. The van der Waals surface area contributed by atoms with Gasteiger partial charge in [0, 0.05) is 16.0 Å². The maximum Gasteiger partial charge on any atom is 0.150 e. The highest BCUT2D eigenvalue weighted by Crippen LogP contribution is 2.53. The first-order chi connectivity index (χ1) is 19.9. The predicted molar refractivity (Wildman–Crippen MR) is 169 cm³/mol. The molecule has 0 heterocycles. The van der Waals surface area contributed by atoms with Crippen LogP contribution in [-0.4, -0.2) is 0 Å². The lowest BCUT2D eigenvalue weighted by atomic mass is 9.89. The Morgan fingerprint density at radius 3 is 1.70 bits per heavy atom. The molecular weight excluding hydrogens is 504 g/mol. The first kappa shape index (κ1) is 24.3. The largest absolute Gasteiger partial charge is 0.455 e. The van der Waals surface area contributed by atoms with Crippen molar-refractivity contribution in [2.45, 2.75) is 9.79 Å². The van der Waals surface area contributed by atoms with Gasteiger partial charge in [0.15, 0.2) is 0 Å². The van der Waals surface area contributed by atoms with Crippen molar-refractivity contribution in [2.75, 3.05) is 0 Å². The molecule has 2 heteroatoms. The summed E-state index contributed by atoms with van der Waals surface area (Å²) in [4.78, 5) is 2.26. The molecule has 1 nitrogen and oxygen atoms in total. The molecule has 0 spiro atoms. The van der Waals surface area contributed by atoms with Gasteiger partial charge in [-0.1, -0.05) is 145 Å². The van der Waals surface area contributed by atoms with Gasteiger partial charge in [-0.05, 0) is 56.9 Å². The van der Waals surface area contributed by atoms with Crippen molar-refractivity contribution in [3.05, 3.63) is 158 Å². The fourth-order valence-corrected chi connectivity index (χ4v) is 6.49. The molecule has 7 aromatic rings. The Hall–Kier alpha value is -4.79. The summed E-state index contributed by atoms with van der Waals surface area (Å²) < 4.78 is 6.93. The van der Waals surface area contributed by atoms with Gasteiger partial charge in [-0.2, -0.15) is 0 Å². The summed E-state index contributed by atoms with van der Waals surface area (Å²) in [5, 5.41) is 4.82. The summed E-state index contributed by atoms with van der Waals surface area (Å²) in [5.41, 5.74) is 4.61. The molecule has 0 fully saturated rings. The van der Waals surface area contributed by atoms with E-state index in [0.29, 0.717) is 0 Å². The zero-order valence-electron chi connectivity index (χ0n) is 21.8. The van der Waals surface area contributed by atoms with Gasteiger partial charge >= 0.3 is 0 Å². The van der Waals surface area contributed by atoms with Gasteiger partial charge in [-0.15, -0.1) is 0 Å². The van der Waals surface area contributed by atoms with Gasteiger partial charge in [-0.25, -0.2) is 0 Å². The van der Waals surface area contributed by atoms with Crippen LogP contribution in [0.2, 0.25) is 0 Å². The van der Waals surface area contributed by atoms with Crippen LogP contribution in [0.25, 0.3) is 43.8 Å². The molecule has 0 saturated carbocycles. The van der Waals surface area contributed by atoms with Crippen molar-refractivity contribution in [1.29, 1.82) is 0 Å². The van der Waals surface area contributed by atoms with Crippen LogP contribution in [0.1, 0.15) is 0 Å². The third-order valence-electron chi connectivity index (χ3n) is 7.17. The van der Waals surface area contributed by atoms with E-state index in [1.165, 1.54) is 32.7 Å². The second-order valence-electron chi connectivity index (χ2n) is 9.68. The fourth-order valence-electron chi connectivity index (χ4n) is 5.40. The van der Waals surface area contributed by atoms with Crippen LogP contribution in [0.15, 0.2) is 168 Å². The lowest BCUT2D eigenvalue weighted by molar-refractivity contribution is 0.474. The van der Waals surface area contributed by atoms with E-state index in [1.807, 2.05) is 30.3 Å². The van der Waals surface area contributed by atoms with Gasteiger partial charge in [0.05, 0.1) is 4.90 Å². The number of ether oxygens (including phenoxy) is 1. The van der Waals surface area contributed by atoms with E-state index < -0.39 is 0 Å². The molecule has 0 aromatic heterocycles. The minimum absolute atomic E-state index is 0.814. The van der Waals surface area contributed by atoms with Crippen molar-refractivity contribution in [1.82, 2.24) is 0 Å². The normalized spacial score (nSPS) is 11.1. The highest BCUT2D eigenvalue weighted by Gasteiger charge is 2.25. The number of para-hydroxylation sites is 1. The zero-order valence-corrected chi connectivity index (χ0v) is 22.6. The first-order valence-electron chi connectivity index (χ1n) is 13.4. The lowest BCUT2D eigenvalue weighted by Crippen LogP contribution is -1.97. The van der Waals surface area contributed by atoms with Crippen molar-refractivity contribution < 1.29 is 4.74 Å². The fraction of sp³-hybridized carbons (Fsp3) is 0. The molecule has 0 aliphatic heterocycles. The van der Waals surface area contributed by atoms with E-state index in [0.717, 1.165) is 32.4 Å². The van der Waals surface area contributed by atoms with Gasteiger partial charge in [0.2, 0.25) is 0 Å². The zero-order chi connectivity index (χ0) is 26.7. The third-order valence-corrected chi connectivity index (χ3v) is 8.28. The smallest absolute Gasteiger partial charge is 0.150 e. The molecule has 0 saturated heterocycles. The Morgan fingerprint density at radius 1 is 0.425 bits per heavy atom. The molecule has 7 aromatic carbocycles. The SMILES string of the molecule is c1ccc(Oc2c(Sc3ccccc3)c(-c3cccc4ccccc34)c3ccccc3c2-c2ccccc2)cc1. The maximum atomic E-state index is 6.93. The minimum atomic E-state index is 0.814. The second kappa shape index (κ2) is 10.8. The molecule has 0 N–H and O–H groups in total.